The molecule has 0 aromatic heterocycles. The number of nitrogens with one attached hydrogen (secondary N) is 1. The van der Waals surface area contributed by atoms with Gasteiger partial charge in [-0.1, -0.05) is 6.07 Å². The highest BCUT2D eigenvalue weighted by atomic mass is 16.6. The molecule has 1 aliphatic heterocycles. The van der Waals surface area contributed by atoms with E-state index >= 15 is 0 Å². The van der Waals surface area contributed by atoms with Gasteiger partial charge in [-0.3, -0.25) is 4.90 Å². The zero-order valence-corrected chi connectivity index (χ0v) is 12.3. The number of amides is 1. The molecule has 0 saturated carbocycles. The Bertz CT molecular complexity index is 474. The van der Waals surface area contributed by atoms with E-state index in [1.165, 1.54) is 0 Å². The van der Waals surface area contributed by atoms with E-state index in [9.17, 15) is 4.79 Å². The number of methoxy groups -OCH3 is 1. The van der Waals surface area contributed by atoms with Crippen LogP contribution < -0.4 is 10.2 Å². The second-order valence-electron chi connectivity index (χ2n) is 5.46. The summed E-state index contributed by atoms with van der Waals surface area (Å²) in [5.41, 5.74) is 1.72. The summed E-state index contributed by atoms with van der Waals surface area (Å²) in [5, 5.41) is 3.35. The monoisotopic (exact) mass is 278 g/mol. The third-order valence-electron chi connectivity index (χ3n) is 3.53. The van der Waals surface area contributed by atoms with Gasteiger partial charge in [-0.2, -0.15) is 0 Å². The Labute approximate surface area is 119 Å². The standard InChI is InChI=1S/C15H22N2O3/c1-15(2,19-3)7-8-16-12-5-4-6-13(11-12)17-9-10-20-14(17)18/h4-6,11,16H,7-10H2,1-3H3. The molecule has 110 valence electrons. The molecule has 1 heterocycles. The van der Waals surface area contributed by atoms with Crippen molar-refractivity contribution in [3.8, 4) is 0 Å². The predicted octanol–water partition coefficient (Wildman–Crippen LogP) is 2.87. The first-order valence-electron chi connectivity index (χ1n) is 6.85. The topological polar surface area (TPSA) is 50.8 Å². The maximum absolute atomic E-state index is 11.5. The van der Waals surface area contributed by atoms with Crippen LogP contribution in [0.4, 0.5) is 16.2 Å². The van der Waals surface area contributed by atoms with Crippen LogP contribution in [0.5, 0.6) is 0 Å². The Kier molecular flexibility index (Phi) is 4.49. The maximum atomic E-state index is 11.5. The minimum atomic E-state index is -0.275. The lowest BCUT2D eigenvalue weighted by molar-refractivity contribution is 0.0185. The lowest BCUT2D eigenvalue weighted by Gasteiger charge is -2.23. The molecule has 0 radical (unpaired) electrons. The van der Waals surface area contributed by atoms with Gasteiger partial charge in [0.2, 0.25) is 0 Å². The number of hydrogen-bond acceptors (Lipinski definition) is 4. The highest BCUT2D eigenvalue weighted by Crippen LogP contribution is 2.22. The van der Waals surface area contributed by atoms with Crippen LogP contribution in [0.25, 0.3) is 0 Å². The number of nitrogens with zero attached hydrogens (tertiary/aromatic N) is 1. The van der Waals surface area contributed by atoms with Crippen molar-refractivity contribution < 1.29 is 14.3 Å². The van der Waals surface area contributed by atoms with Crippen molar-refractivity contribution in [2.45, 2.75) is 25.9 Å². The summed E-state index contributed by atoms with van der Waals surface area (Å²) >= 11 is 0. The zero-order chi connectivity index (χ0) is 14.6. The van der Waals surface area contributed by atoms with Crippen LogP contribution >= 0.6 is 0 Å². The van der Waals surface area contributed by atoms with E-state index in [4.69, 9.17) is 9.47 Å². The number of benzene rings is 1. The number of ether oxygens (including phenoxy) is 2. The second kappa shape index (κ2) is 6.13. The average Bonchev–Trinajstić information content (AvgIpc) is 2.85. The minimum absolute atomic E-state index is 0.136. The molecular formula is C15H22N2O3. The molecule has 1 fully saturated rings. The van der Waals surface area contributed by atoms with E-state index in [0.29, 0.717) is 13.2 Å². The molecule has 5 heteroatoms. The van der Waals surface area contributed by atoms with Crippen LogP contribution in [0.2, 0.25) is 0 Å². The Morgan fingerprint density at radius 2 is 2.25 bits per heavy atom. The van der Waals surface area contributed by atoms with Gasteiger partial charge in [-0.25, -0.2) is 4.79 Å². The summed E-state index contributed by atoms with van der Waals surface area (Å²) in [7, 11) is 1.72. The van der Waals surface area contributed by atoms with Gasteiger partial charge in [-0.15, -0.1) is 0 Å². The molecule has 1 saturated heterocycles. The molecule has 5 nitrogen and oxygen atoms in total. The van der Waals surface area contributed by atoms with E-state index in [1.807, 2.05) is 24.3 Å². The summed E-state index contributed by atoms with van der Waals surface area (Å²) in [6, 6.07) is 7.80. The van der Waals surface area contributed by atoms with Gasteiger partial charge in [0, 0.05) is 25.0 Å². The van der Waals surface area contributed by atoms with Crippen molar-refractivity contribution in [1.29, 1.82) is 0 Å². The zero-order valence-electron chi connectivity index (χ0n) is 12.3. The largest absolute Gasteiger partial charge is 0.447 e. The average molecular weight is 278 g/mol. The summed E-state index contributed by atoms with van der Waals surface area (Å²) < 4.78 is 10.3. The Morgan fingerprint density at radius 3 is 2.90 bits per heavy atom. The SMILES string of the molecule is COC(C)(C)CCNc1cccc(N2CCOC2=O)c1. The van der Waals surface area contributed by atoms with E-state index in [2.05, 4.69) is 19.2 Å². The Morgan fingerprint density at radius 1 is 1.45 bits per heavy atom. The van der Waals surface area contributed by atoms with Crippen molar-refractivity contribution in [1.82, 2.24) is 0 Å². The van der Waals surface area contributed by atoms with Crippen molar-refractivity contribution in [3.05, 3.63) is 24.3 Å². The third-order valence-corrected chi connectivity index (χ3v) is 3.53. The fourth-order valence-electron chi connectivity index (χ4n) is 2.02. The highest BCUT2D eigenvalue weighted by Gasteiger charge is 2.23. The number of carbonyl (C=O) groups excluding carboxylic acids is 1. The summed E-state index contributed by atoms with van der Waals surface area (Å²) in [5.74, 6) is 0. The number of hydrogen-bond donors (Lipinski definition) is 1. The van der Waals surface area contributed by atoms with Gasteiger partial charge in [0.1, 0.15) is 6.61 Å². The molecule has 1 aromatic carbocycles. The fourth-order valence-corrected chi connectivity index (χ4v) is 2.02. The predicted molar refractivity (Wildman–Crippen MR) is 79.3 cm³/mol. The van der Waals surface area contributed by atoms with Crippen molar-refractivity contribution >= 4 is 17.5 Å². The first-order chi connectivity index (χ1) is 9.52. The van der Waals surface area contributed by atoms with Crippen LogP contribution in [-0.2, 0) is 9.47 Å². The van der Waals surface area contributed by atoms with E-state index in [-0.39, 0.29) is 11.7 Å². The molecule has 1 aromatic rings. The molecule has 20 heavy (non-hydrogen) atoms. The highest BCUT2D eigenvalue weighted by molar-refractivity contribution is 5.89. The van der Waals surface area contributed by atoms with Gasteiger partial charge in [-0.05, 0) is 38.5 Å². The van der Waals surface area contributed by atoms with Gasteiger partial charge in [0.05, 0.1) is 12.1 Å². The lowest BCUT2D eigenvalue weighted by atomic mass is 10.1. The fraction of sp³-hybridized carbons (Fsp3) is 0.533. The normalized spacial score (nSPS) is 15.3. The van der Waals surface area contributed by atoms with Crippen LogP contribution in [0.15, 0.2) is 24.3 Å². The first-order valence-corrected chi connectivity index (χ1v) is 6.85. The van der Waals surface area contributed by atoms with E-state index in [0.717, 1.165) is 24.3 Å². The molecule has 0 atom stereocenters. The van der Waals surface area contributed by atoms with E-state index in [1.54, 1.807) is 12.0 Å². The minimum Gasteiger partial charge on any atom is -0.447 e. The van der Waals surface area contributed by atoms with Crippen LogP contribution in [0.1, 0.15) is 20.3 Å². The van der Waals surface area contributed by atoms with Gasteiger partial charge in [0.15, 0.2) is 0 Å². The van der Waals surface area contributed by atoms with Crippen molar-refractivity contribution in [2.75, 3.05) is 37.0 Å². The number of cyclic esters (lactones) is 1. The smallest absolute Gasteiger partial charge is 0.414 e. The molecule has 0 spiro atoms. The number of rotatable bonds is 6. The molecule has 0 bridgehead atoms. The lowest BCUT2D eigenvalue weighted by Crippen LogP contribution is -2.26. The Balaban J connectivity index is 1.94. The van der Waals surface area contributed by atoms with Crippen LogP contribution in [0.3, 0.4) is 0 Å². The maximum Gasteiger partial charge on any atom is 0.414 e. The molecule has 0 unspecified atom stereocenters. The van der Waals surface area contributed by atoms with Crippen LogP contribution in [0, 0.1) is 0 Å². The number of anilines is 2. The summed E-state index contributed by atoms with van der Waals surface area (Å²) in [6.45, 7) is 6.00. The summed E-state index contributed by atoms with van der Waals surface area (Å²) in [6.07, 6.45) is 0.627. The number of carbonyl (C=O) groups is 1. The second-order valence-corrected chi connectivity index (χ2v) is 5.46. The van der Waals surface area contributed by atoms with Gasteiger partial charge < -0.3 is 14.8 Å². The van der Waals surface area contributed by atoms with Crippen LogP contribution in [-0.4, -0.2) is 38.5 Å². The van der Waals surface area contributed by atoms with Crippen molar-refractivity contribution in [2.24, 2.45) is 0 Å². The molecule has 0 aliphatic carbocycles. The first kappa shape index (κ1) is 14.7. The molecule has 1 N–H and O–H groups in total. The Hall–Kier alpha value is -1.75. The van der Waals surface area contributed by atoms with E-state index < -0.39 is 0 Å². The quantitative estimate of drug-likeness (QED) is 0.869. The molecular weight excluding hydrogens is 256 g/mol. The van der Waals surface area contributed by atoms with Crippen molar-refractivity contribution in [3.63, 3.8) is 0 Å². The van der Waals surface area contributed by atoms with Gasteiger partial charge in [0.25, 0.3) is 0 Å². The van der Waals surface area contributed by atoms with Gasteiger partial charge >= 0.3 is 6.09 Å². The summed E-state index contributed by atoms with van der Waals surface area (Å²) in [4.78, 5) is 13.2. The molecule has 1 amide bonds. The molecule has 1 aliphatic rings. The third kappa shape index (κ3) is 3.63. The molecule has 2 rings (SSSR count).